The normalized spacial score (nSPS) is 10.9. The van der Waals surface area contributed by atoms with E-state index in [1.807, 2.05) is 32.0 Å². The first kappa shape index (κ1) is 14.5. The van der Waals surface area contributed by atoms with Gasteiger partial charge in [0.15, 0.2) is 5.82 Å². The molecular formula is C14H15N7S. The van der Waals surface area contributed by atoms with Crippen LogP contribution in [0.5, 0.6) is 0 Å². The van der Waals surface area contributed by atoms with Crippen molar-refractivity contribution in [1.82, 2.24) is 29.8 Å². The van der Waals surface area contributed by atoms with Crippen LogP contribution in [0, 0.1) is 20.8 Å². The Balaban J connectivity index is 2.04. The fourth-order valence-electron chi connectivity index (χ4n) is 1.82. The molecule has 112 valence electrons. The van der Waals surface area contributed by atoms with Crippen molar-refractivity contribution in [1.29, 1.82) is 0 Å². The van der Waals surface area contributed by atoms with Gasteiger partial charge in [-0.1, -0.05) is 6.07 Å². The molecule has 7 nitrogen and oxygen atoms in total. The van der Waals surface area contributed by atoms with Crippen LogP contribution in [-0.2, 0) is 0 Å². The van der Waals surface area contributed by atoms with Gasteiger partial charge in [-0.05, 0) is 44.7 Å². The molecule has 3 heterocycles. The summed E-state index contributed by atoms with van der Waals surface area (Å²) in [5, 5.41) is 9.40. The van der Waals surface area contributed by atoms with Crippen LogP contribution in [0.1, 0.15) is 17.1 Å². The lowest BCUT2D eigenvalue weighted by Crippen LogP contribution is -2.11. The van der Waals surface area contributed by atoms with Crippen LogP contribution in [0.4, 0.5) is 0 Å². The van der Waals surface area contributed by atoms with Crippen molar-refractivity contribution in [3.8, 4) is 11.5 Å². The summed E-state index contributed by atoms with van der Waals surface area (Å²) in [5.74, 6) is 7.14. The highest BCUT2D eigenvalue weighted by atomic mass is 32.2. The number of hydrogen-bond donors (Lipinski definition) is 1. The highest BCUT2D eigenvalue weighted by Crippen LogP contribution is 2.29. The second-order valence-corrected chi connectivity index (χ2v) is 5.74. The van der Waals surface area contributed by atoms with E-state index in [0.717, 1.165) is 22.0 Å². The summed E-state index contributed by atoms with van der Waals surface area (Å²) >= 11 is 1.37. The Morgan fingerprint density at radius 2 is 1.91 bits per heavy atom. The molecule has 22 heavy (non-hydrogen) atoms. The number of nitrogens with two attached hydrogens (primary N) is 1. The van der Waals surface area contributed by atoms with Crippen molar-refractivity contribution in [2.75, 3.05) is 5.84 Å². The van der Waals surface area contributed by atoms with Crippen molar-refractivity contribution in [3.63, 3.8) is 0 Å². The minimum absolute atomic E-state index is 0.589. The summed E-state index contributed by atoms with van der Waals surface area (Å²) < 4.78 is 1.45. The Morgan fingerprint density at radius 3 is 2.55 bits per heavy atom. The van der Waals surface area contributed by atoms with Gasteiger partial charge < -0.3 is 5.84 Å². The number of aromatic nitrogens is 6. The summed E-state index contributed by atoms with van der Waals surface area (Å²) in [6, 6.07) is 5.65. The maximum atomic E-state index is 5.90. The summed E-state index contributed by atoms with van der Waals surface area (Å²) in [6.07, 6.45) is 1.72. The quantitative estimate of drug-likeness (QED) is 0.583. The molecule has 3 rings (SSSR count). The predicted octanol–water partition coefficient (Wildman–Crippen LogP) is 1.92. The van der Waals surface area contributed by atoms with E-state index >= 15 is 0 Å². The molecule has 0 fully saturated rings. The number of rotatable bonds is 3. The molecular weight excluding hydrogens is 298 g/mol. The number of nitrogen functional groups attached to an aromatic ring is 1. The van der Waals surface area contributed by atoms with Crippen molar-refractivity contribution in [2.45, 2.75) is 31.0 Å². The molecule has 0 saturated carbocycles. The average Bonchev–Trinajstić information content (AvgIpc) is 2.84. The zero-order valence-corrected chi connectivity index (χ0v) is 13.3. The molecule has 0 unspecified atom stereocenters. The van der Waals surface area contributed by atoms with Gasteiger partial charge in [0.05, 0.1) is 0 Å². The number of pyridine rings is 1. The van der Waals surface area contributed by atoms with Gasteiger partial charge in [-0.15, -0.1) is 10.2 Å². The highest BCUT2D eigenvalue weighted by molar-refractivity contribution is 7.99. The molecule has 0 spiro atoms. The smallest absolute Gasteiger partial charge is 0.216 e. The van der Waals surface area contributed by atoms with E-state index in [2.05, 4.69) is 25.1 Å². The first-order valence-corrected chi connectivity index (χ1v) is 7.49. The zero-order valence-electron chi connectivity index (χ0n) is 12.5. The summed E-state index contributed by atoms with van der Waals surface area (Å²) in [5.41, 5.74) is 2.63. The van der Waals surface area contributed by atoms with Crippen LogP contribution in [0.3, 0.4) is 0 Å². The number of hydrogen-bond acceptors (Lipinski definition) is 7. The molecule has 0 aliphatic carbocycles. The SMILES string of the molecule is Cc1nc(-c2ccccn2)nc(Sc2nnc(C)n2N)c1C. The molecule has 3 aromatic heterocycles. The lowest BCUT2D eigenvalue weighted by molar-refractivity contribution is 0.821. The van der Waals surface area contributed by atoms with Crippen molar-refractivity contribution in [3.05, 3.63) is 41.5 Å². The zero-order chi connectivity index (χ0) is 15.7. The van der Waals surface area contributed by atoms with Gasteiger partial charge in [-0.2, -0.15) is 0 Å². The van der Waals surface area contributed by atoms with Gasteiger partial charge >= 0.3 is 0 Å². The van der Waals surface area contributed by atoms with Crippen LogP contribution < -0.4 is 5.84 Å². The van der Waals surface area contributed by atoms with Crippen molar-refractivity contribution >= 4 is 11.8 Å². The fourth-order valence-corrected chi connectivity index (χ4v) is 2.74. The Morgan fingerprint density at radius 1 is 1.09 bits per heavy atom. The fraction of sp³-hybridized carbons (Fsp3) is 0.214. The van der Waals surface area contributed by atoms with Crippen LogP contribution in [0.25, 0.3) is 11.5 Å². The largest absolute Gasteiger partial charge is 0.336 e. The lowest BCUT2D eigenvalue weighted by Gasteiger charge is -2.09. The summed E-state index contributed by atoms with van der Waals surface area (Å²) in [7, 11) is 0. The molecule has 0 bridgehead atoms. The van der Waals surface area contributed by atoms with Gasteiger partial charge in [0.2, 0.25) is 5.16 Å². The Kier molecular flexibility index (Phi) is 3.76. The van der Waals surface area contributed by atoms with E-state index in [4.69, 9.17) is 5.84 Å². The third-order valence-electron chi connectivity index (χ3n) is 3.26. The standard InChI is InChI=1S/C14H15N7S/c1-8-9(2)17-12(11-6-4-5-7-16-11)18-13(8)22-14-20-19-10(3)21(14)15/h4-7H,15H2,1-3H3. The maximum absolute atomic E-state index is 5.90. The maximum Gasteiger partial charge on any atom is 0.216 e. The summed E-state index contributed by atoms with van der Waals surface area (Å²) in [4.78, 5) is 13.4. The number of aryl methyl sites for hydroxylation is 2. The van der Waals surface area contributed by atoms with Crippen molar-refractivity contribution in [2.24, 2.45) is 0 Å². The first-order chi connectivity index (χ1) is 10.6. The molecule has 0 amide bonds. The molecule has 0 aliphatic heterocycles. The highest BCUT2D eigenvalue weighted by Gasteiger charge is 2.15. The van der Waals surface area contributed by atoms with E-state index in [0.29, 0.717) is 16.8 Å². The van der Waals surface area contributed by atoms with Crippen LogP contribution >= 0.6 is 11.8 Å². The first-order valence-electron chi connectivity index (χ1n) is 6.68. The molecule has 8 heteroatoms. The second kappa shape index (κ2) is 5.72. The summed E-state index contributed by atoms with van der Waals surface area (Å²) in [6.45, 7) is 5.73. The van der Waals surface area contributed by atoms with E-state index < -0.39 is 0 Å². The van der Waals surface area contributed by atoms with Gasteiger partial charge in [0.1, 0.15) is 16.5 Å². The third-order valence-corrected chi connectivity index (χ3v) is 4.31. The van der Waals surface area contributed by atoms with Gasteiger partial charge in [0, 0.05) is 17.5 Å². The van der Waals surface area contributed by atoms with Gasteiger partial charge in [-0.3, -0.25) is 4.98 Å². The van der Waals surface area contributed by atoms with E-state index in [9.17, 15) is 0 Å². The average molecular weight is 313 g/mol. The second-order valence-electron chi connectivity index (χ2n) is 4.78. The Bertz CT molecular complexity index is 814. The van der Waals surface area contributed by atoms with Crippen LogP contribution in [0.15, 0.2) is 34.6 Å². The Labute approximate surface area is 132 Å². The molecule has 3 aromatic rings. The molecule has 0 aromatic carbocycles. The van der Waals surface area contributed by atoms with E-state index in [1.54, 1.807) is 13.1 Å². The van der Waals surface area contributed by atoms with Crippen LogP contribution in [0.2, 0.25) is 0 Å². The minimum Gasteiger partial charge on any atom is -0.336 e. The third kappa shape index (κ3) is 2.64. The lowest BCUT2D eigenvalue weighted by atomic mass is 10.2. The van der Waals surface area contributed by atoms with E-state index in [-0.39, 0.29) is 0 Å². The van der Waals surface area contributed by atoms with Gasteiger partial charge in [-0.25, -0.2) is 14.6 Å². The van der Waals surface area contributed by atoms with E-state index in [1.165, 1.54) is 16.4 Å². The molecule has 0 radical (unpaired) electrons. The minimum atomic E-state index is 0.589. The van der Waals surface area contributed by atoms with Gasteiger partial charge in [0.25, 0.3) is 0 Å². The topological polar surface area (TPSA) is 95.4 Å². The van der Waals surface area contributed by atoms with Crippen molar-refractivity contribution < 1.29 is 0 Å². The molecule has 0 saturated heterocycles. The monoisotopic (exact) mass is 313 g/mol. The van der Waals surface area contributed by atoms with Crippen LogP contribution in [-0.4, -0.2) is 29.8 Å². The predicted molar refractivity (Wildman–Crippen MR) is 83.8 cm³/mol. The number of nitrogens with zero attached hydrogens (tertiary/aromatic N) is 6. The molecule has 0 atom stereocenters. The Hall–Kier alpha value is -2.48. The molecule has 0 aliphatic rings. The molecule has 2 N–H and O–H groups in total.